The number of rotatable bonds is 3. The summed E-state index contributed by atoms with van der Waals surface area (Å²) in [6.45, 7) is 8.05. The van der Waals surface area contributed by atoms with Crippen LogP contribution >= 0.6 is 11.6 Å². The number of hydrogen-bond acceptors (Lipinski definition) is 6. The van der Waals surface area contributed by atoms with Crippen LogP contribution in [0.3, 0.4) is 0 Å². The van der Waals surface area contributed by atoms with E-state index in [1.54, 1.807) is 10.7 Å². The molecule has 0 aliphatic carbocycles. The Morgan fingerprint density at radius 1 is 1.07 bits per heavy atom. The highest BCUT2D eigenvalue weighted by Gasteiger charge is 2.22. The Bertz CT molecular complexity index is 1230. The maximum absolute atomic E-state index is 12.0. The van der Waals surface area contributed by atoms with E-state index in [1.165, 1.54) is 0 Å². The number of pyridine rings is 2. The van der Waals surface area contributed by atoms with Gasteiger partial charge >= 0.3 is 0 Å². The molecule has 3 aromatic rings. The molecule has 156 valence electrons. The zero-order valence-corrected chi connectivity index (χ0v) is 18.8. The van der Waals surface area contributed by atoms with Gasteiger partial charge < -0.3 is 10.6 Å². The first kappa shape index (κ1) is 20.4. The number of anilines is 2. The van der Waals surface area contributed by atoms with Crippen LogP contribution in [0.15, 0.2) is 27.0 Å². The van der Waals surface area contributed by atoms with Crippen molar-refractivity contribution in [2.45, 2.75) is 33.6 Å². The second kappa shape index (κ2) is 7.77. The third-order valence-corrected chi connectivity index (χ3v) is 5.49. The van der Waals surface area contributed by atoms with E-state index in [4.69, 9.17) is 16.6 Å². The van der Waals surface area contributed by atoms with E-state index < -0.39 is 11.2 Å². The zero-order chi connectivity index (χ0) is 21.6. The molecular weight excluding hydrogens is 424 g/mol. The van der Waals surface area contributed by atoms with E-state index in [2.05, 4.69) is 43.4 Å². The van der Waals surface area contributed by atoms with Gasteiger partial charge in [0.2, 0.25) is 0 Å². The van der Waals surface area contributed by atoms with Crippen molar-refractivity contribution in [1.29, 1.82) is 0 Å². The van der Waals surface area contributed by atoms with E-state index in [0.29, 0.717) is 28.3 Å². The van der Waals surface area contributed by atoms with Gasteiger partial charge in [-0.15, -0.1) is 8.80 Å². The van der Waals surface area contributed by atoms with Crippen molar-refractivity contribution in [2.75, 3.05) is 10.6 Å². The second-order valence-electron chi connectivity index (χ2n) is 7.34. The second-order valence-corrected chi connectivity index (χ2v) is 8.55. The summed E-state index contributed by atoms with van der Waals surface area (Å²) < 4.78 is 21.9. The summed E-state index contributed by atoms with van der Waals surface area (Å²) in [5.74, 6) is 1.51. The minimum absolute atomic E-state index is 0.270. The molecule has 4 rings (SSSR count). The van der Waals surface area contributed by atoms with Crippen molar-refractivity contribution in [2.24, 2.45) is 15.8 Å². The SMILES string of the molecule is Cc1cc(NC2=NS(=O)N=C2Nc2cc(C(C)C)c3c(C)nn(C)c3n2)cc(Cl)n1. The number of nitrogens with one attached hydrogen (secondary N) is 2. The summed E-state index contributed by atoms with van der Waals surface area (Å²) in [5.41, 5.74) is 4.24. The van der Waals surface area contributed by atoms with E-state index in [1.807, 2.05) is 33.0 Å². The minimum Gasteiger partial charge on any atom is -0.336 e. The Kier molecular flexibility index (Phi) is 5.29. The van der Waals surface area contributed by atoms with Gasteiger partial charge in [-0.25, -0.2) is 14.2 Å². The molecule has 1 aliphatic rings. The molecule has 0 radical (unpaired) electrons. The first-order valence-electron chi connectivity index (χ1n) is 9.33. The van der Waals surface area contributed by atoms with Crippen LogP contribution in [-0.4, -0.2) is 35.6 Å². The van der Waals surface area contributed by atoms with Crippen LogP contribution in [0.4, 0.5) is 11.5 Å². The normalized spacial score (nSPS) is 16.2. The van der Waals surface area contributed by atoms with Gasteiger partial charge in [-0.1, -0.05) is 25.4 Å². The fraction of sp³-hybridized carbons (Fsp3) is 0.316. The van der Waals surface area contributed by atoms with Crippen molar-refractivity contribution < 1.29 is 4.21 Å². The number of halogens is 1. The molecule has 1 aliphatic heterocycles. The van der Waals surface area contributed by atoms with Gasteiger partial charge in [-0.3, -0.25) is 4.68 Å². The molecule has 0 spiro atoms. The average Bonchev–Trinajstić information content (AvgIpc) is 3.12. The molecule has 0 bridgehead atoms. The number of hydrogen-bond donors (Lipinski definition) is 2. The molecule has 0 fully saturated rings. The van der Waals surface area contributed by atoms with Crippen molar-refractivity contribution in [3.8, 4) is 0 Å². The van der Waals surface area contributed by atoms with E-state index in [-0.39, 0.29) is 5.92 Å². The molecule has 2 N–H and O–H groups in total. The molecule has 0 saturated carbocycles. The summed E-state index contributed by atoms with van der Waals surface area (Å²) in [7, 11) is 1.86. The maximum atomic E-state index is 12.0. The molecule has 3 aromatic heterocycles. The lowest BCUT2D eigenvalue weighted by Crippen LogP contribution is -2.28. The van der Waals surface area contributed by atoms with Crippen LogP contribution in [0.5, 0.6) is 0 Å². The fourth-order valence-electron chi connectivity index (χ4n) is 3.38. The predicted octanol–water partition coefficient (Wildman–Crippen LogP) is 3.67. The van der Waals surface area contributed by atoms with E-state index >= 15 is 0 Å². The Morgan fingerprint density at radius 3 is 2.43 bits per heavy atom. The van der Waals surface area contributed by atoms with E-state index in [0.717, 1.165) is 28.0 Å². The Hall–Kier alpha value is -2.85. The highest BCUT2D eigenvalue weighted by molar-refractivity contribution is 7.83. The molecule has 11 heteroatoms. The largest absolute Gasteiger partial charge is 0.336 e. The Labute approximate surface area is 181 Å². The quantitative estimate of drug-likeness (QED) is 0.596. The van der Waals surface area contributed by atoms with Crippen LogP contribution in [-0.2, 0) is 18.2 Å². The highest BCUT2D eigenvalue weighted by Crippen LogP contribution is 2.29. The standard InChI is InChI=1S/C19H21ClN8OS/c1-9(2)13-8-15(24-19-16(13)11(4)25-28(19)5)23-18-17(26-30(29)27-18)22-12-6-10(3)21-14(20)7-12/h6-9H,1-5H3,(H,21,22,26)(H,23,24,27). The van der Waals surface area contributed by atoms with Crippen LogP contribution in [0, 0.1) is 13.8 Å². The number of nitrogens with zero attached hydrogens (tertiary/aromatic N) is 6. The molecule has 1 atom stereocenters. The first-order valence-corrected chi connectivity index (χ1v) is 10.8. The number of aryl methyl sites for hydroxylation is 3. The van der Waals surface area contributed by atoms with Gasteiger partial charge in [0.25, 0.3) is 11.2 Å². The maximum Gasteiger partial charge on any atom is 0.269 e. The summed E-state index contributed by atoms with van der Waals surface area (Å²) in [6.07, 6.45) is 0. The third-order valence-electron chi connectivity index (χ3n) is 4.62. The fourth-order valence-corrected chi connectivity index (χ4v) is 4.25. The summed E-state index contributed by atoms with van der Waals surface area (Å²) in [6, 6.07) is 5.44. The lowest BCUT2D eigenvalue weighted by molar-refractivity contribution is 0.686. The summed E-state index contributed by atoms with van der Waals surface area (Å²) in [4.78, 5) is 8.83. The van der Waals surface area contributed by atoms with Gasteiger partial charge in [0.15, 0.2) is 17.3 Å². The first-order chi connectivity index (χ1) is 14.2. The average molecular weight is 445 g/mol. The van der Waals surface area contributed by atoms with Gasteiger partial charge in [0.1, 0.15) is 11.0 Å². The molecule has 1 unspecified atom stereocenters. The minimum atomic E-state index is -1.73. The van der Waals surface area contributed by atoms with E-state index in [9.17, 15) is 4.21 Å². The van der Waals surface area contributed by atoms with Crippen LogP contribution in [0.2, 0.25) is 5.15 Å². The number of aromatic nitrogens is 4. The van der Waals surface area contributed by atoms with Crippen molar-refractivity contribution in [3.63, 3.8) is 0 Å². The molecule has 4 heterocycles. The van der Waals surface area contributed by atoms with Gasteiger partial charge in [-0.05, 0) is 43.5 Å². The zero-order valence-electron chi connectivity index (χ0n) is 17.2. The Morgan fingerprint density at radius 2 is 1.77 bits per heavy atom. The molecule has 30 heavy (non-hydrogen) atoms. The predicted molar refractivity (Wildman–Crippen MR) is 122 cm³/mol. The topological polar surface area (TPSA) is 109 Å². The molecule has 0 amide bonds. The lowest BCUT2D eigenvalue weighted by atomic mass is 10.00. The van der Waals surface area contributed by atoms with Gasteiger partial charge in [-0.2, -0.15) is 5.10 Å². The highest BCUT2D eigenvalue weighted by atomic mass is 35.5. The van der Waals surface area contributed by atoms with Crippen molar-refractivity contribution in [3.05, 3.63) is 40.3 Å². The third kappa shape index (κ3) is 3.92. The van der Waals surface area contributed by atoms with Crippen molar-refractivity contribution in [1.82, 2.24) is 19.7 Å². The van der Waals surface area contributed by atoms with Crippen molar-refractivity contribution >= 4 is 57.0 Å². The van der Waals surface area contributed by atoms with Crippen LogP contribution in [0.25, 0.3) is 11.0 Å². The molecular formula is C19H21ClN8OS. The van der Waals surface area contributed by atoms with Gasteiger partial charge in [0, 0.05) is 23.8 Å². The molecule has 0 saturated heterocycles. The smallest absolute Gasteiger partial charge is 0.269 e. The number of amidine groups is 2. The molecule has 9 nitrogen and oxygen atoms in total. The number of fused-ring (bicyclic) bond motifs is 1. The Balaban J connectivity index is 1.68. The lowest BCUT2D eigenvalue weighted by Gasteiger charge is -2.13. The molecule has 0 aromatic carbocycles. The summed E-state index contributed by atoms with van der Waals surface area (Å²) >= 11 is 4.31. The summed E-state index contributed by atoms with van der Waals surface area (Å²) in [5, 5.41) is 12.2. The van der Waals surface area contributed by atoms with Crippen LogP contribution < -0.4 is 10.6 Å². The monoisotopic (exact) mass is 444 g/mol. The van der Waals surface area contributed by atoms with Crippen LogP contribution in [0.1, 0.15) is 36.7 Å². The van der Waals surface area contributed by atoms with Gasteiger partial charge in [0.05, 0.1) is 5.69 Å².